The number of rotatable bonds is 3. The molecule has 0 spiro atoms. The molecule has 2 heterocycles. The van der Waals surface area contributed by atoms with E-state index in [0.29, 0.717) is 11.2 Å². The summed E-state index contributed by atoms with van der Waals surface area (Å²) in [6, 6.07) is 2.46. The zero-order chi connectivity index (χ0) is 18.9. The Labute approximate surface area is 162 Å². The topological polar surface area (TPSA) is 39.9 Å². The molecule has 2 aromatic rings. The van der Waals surface area contributed by atoms with Crippen LogP contribution >= 0.6 is 11.6 Å². The van der Waals surface area contributed by atoms with Crippen LogP contribution in [-0.2, 0) is 17.3 Å². The van der Waals surface area contributed by atoms with Gasteiger partial charge >= 0.3 is 0 Å². The second-order valence-electron chi connectivity index (χ2n) is 9.93. The highest BCUT2D eigenvalue weighted by molar-refractivity contribution is 6.74. The maximum Gasteiger partial charge on any atom is 0.192 e. The molecule has 4 nitrogen and oxygen atoms in total. The number of nitrogens with zero attached hydrogens (tertiary/aromatic N) is 3. The molecule has 0 radical (unpaired) electrons. The van der Waals surface area contributed by atoms with E-state index in [-0.39, 0.29) is 10.6 Å². The molecule has 0 N–H and O–H groups in total. The molecule has 0 saturated heterocycles. The van der Waals surface area contributed by atoms with Crippen LogP contribution < -0.4 is 0 Å². The van der Waals surface area contributed by atoms with E-state index in [9.17, 15) is 0 Å². The van der Waals surface area contributed by atoms with Crippen molar-refractivity contribution in [3.8, 4) is 0 Å². The van der Waals surface area contributed by atoms with E-state index in [1.165, 1.54) is 23.1 Å². The van der Waals surface area contributed by atoms with Gasteiger partial charge in [-0.05, 0) is 68.8 Å². The summed E-state index contributed by atoms with van der Waals surface area (Å²) in [5.74, 6) is 0. The van der Waals surface area contributed by atoms with Crippen LogP contribution in [0.3, 0.4) is 0 Å². The van der Waals surface area contributed by atoms with Gasteiger partial charge in [0.25, 0.3) is 0 Å². The zero-order valence-electron chi connectivity index (χ0n) is 16.8. The highest BCUT2D eigenvalue weighted by Gasteiger charge is 2.50. The summed E-state index contributed by atoms with van der Waals surface area (Å²) in [6.45, 7) is 13.9. The van der Waals surface area contributed by atoms with E-state index < -0.39 is 8.32 Å². The van der Waals surface area contributed by atoms with E-state index in [0.717, 1.165) is 31.3 Å². The molecule has 1 fully saturated rings. The molecule has 0 aliphatic heterocycles. The Morgan fingerprint density at radius 3 is 2.58 bits per heavy atom. The largest absolute Gasteiger partial charge is 0.411 e. The number of aromatic nitrogens is 3. The van der Waals surface area contributed by atoms with Crippen LogP contribution in [0.4, 0.5) is 0 Å². The Morgan fingerprint density at radius 1 is 1.23 bits per heavy atom. The fourth-order valence-electron chi connectivity index (χ4n) is 4.54. The van der Waals surface area contributed by atoms with E-state index in [1.807, 2.05) is 6.07 Å². The molecular weight excluding hydrogens is 362 g/mol. The minimum absolute atomic E-state index is 0.0183. The first kappa shape index (κ1) is 18.5. The van der Waals surface area contributed by atoms with Gasteiger partial charge in [0.05, 0.1) is 5.60 Å². The molecule has 0 aromatic carbocycles. The Morgan fingerprint density at radius 2 is 1.92 bits per heavy atom. The summed E-state index contributed by atoms with van der Waals surface area (Å²) in [7, 11) is -1.76. The van der Waals surface area contributed by atoms with Crippen molar-refractivity contribution in [1.29, 1.82) is 0 Å². The number of halogens is 1. The third-order valence-corrected chi connectivity index (χ3v) is 11.6. The number of fused-ring (bicyclic) bond motifs is 3. The minimum Gasteiger partial charge on any atom is -0.411 e. The van der Waals surface area contributed by atoms with Gasteiger partial charge in [0.2, 0.25) is 0 Å². The minimum atomic E-state index is -1.76. The average molecular weight is 392 g/mol. The second-order valence-corrected chi connectivity index (χ2v) is 15.0. The third-order valence-electron chi connectivity index (χ3n) is 6.79. The summed E-state index contributed by atoms with van der Waals surface area (Å²) < 4.78 is 9.23. The second kappa shape index (κ2) is 5.79. The Hall–Kier alpha value is -0.913. The monoisotopic (exact) mass is 391 g/mol. The van der Waals surface area contributed by atoms with E-state index >= 15 is 0 Å². The highest BCUT2D eigenvalue weighted by atomic mass is 35.5. The molecule has 2 aromatic heterocycles. The molecule has 0 amide bonds. The van der Waals surface area contributed by atoms with Gasteiger partial charge in [-0.1, -0.05) is 32.4 Å². The number of aryl methyl sites for hydroxylation is 1. The van der Waals surface area contributed by atoms with Crippen LogP contribution in [0.2, 0.25) is 23.3 Å². The van der Waals surface area contributed by atoms with Crippen LogP contribution in [0, 0.1) is 0 Å². The van der Waals surface area contributed by atoms with E-state index in [2.05, 4.69) is 55.6 Å². The van der Waals surface area contributed by atoms with Crippen LogP contribution in [-0.4, -0.2) is 28.7 Å². The van der Waals surface area contributed by atoms with Crippen molar-refractivity contribution in [2.24, 2.45) is 0 Å². The lowest BCUT2D eigenvalue weighted by atomic mass is 9.77. The first-order valence-corrected chi connectivity index (χ1v) is 13.0. The summed E-state index contributed by atoms with van der Waals surface area (Å²) in [6.07, 6.45) is 5.61. The molecule has 4 rings (SSSR count). The van der Waals surface area contributed by atoms with Gasteiger partial charge in [-0.25, -0.2) is 0 Å². The quantitative estimate of drug-likeness (QED) is 0.631. The van der Waals surface area contributed by atoms with Gasteiger partial charge in [0.15, 0.2) is 19.1 Å². The lowest BCUT2D eigenvalue weighted by molar-refractivity contribution is -0.0383. The summed E-state index contributed by atoms with van der Waals surface area (Å²) in [4.78, 5) is 0. The maximum absolute atomic E-state index is 6.77. The van der Waals surface area contributed by atoms with Gasteiger partial charge in [0.1, 0.15) is 0 Å². The Bertz CT molecular complexity index is 862. The fourth-order valence-corrected chi connectivity index (χ4v) is 6.39. The maximum atomic E-state index is 6.77. The molecule has 2 aliphatic rings. The smallest absolute Gasteiger partial charge is 0.192 e. The average Bonchev–Trinajstić information content (AvgIpc) is 3.03. The zero-order valence-corrected chi connectivity index (χ0v) is 18.6. The van der Waals surface area contributed by atoms with Gasteiger partial charge in [-0.3, -0.25) is 0 Å². The standard InChI is InChI=1S/C20H30ClN3OSi/c1-19(2,3)26(5,6)25-20(4)11-13(12-20)24-16-9-7-8-14(16)15-10-17(21)22-23-18(15)24/h10,13H,7-9,11-12H2,1-6H3. The summed E-state index contributed by atoms with van der Waals surface area (Å²) >= 11 is 6.12. The SMILES string of the molecule is CC1(O[Si](C)(C)C(C)(C)C)CC(n2c3c(c4cc(Cl)nnc42)CCC3)C1. The molecule has 142 valence electrons. The first-order chi connectivity index (χ1) is 12.0. The molecule has 0 atom stereocenters. The summed E-state index contributed by atoms with van der Waals surface area (Å²) in [5, 5.41) is 10.5. The van der Waals surface area contributed by atoms with Crippen molar-refractivity contribution in [2.75, 3.05) is 0 Å². The highest BCUT2D eigenvalue weighted by Crippen LogP contribution is 2.51. The van der Waals surface area contributed by atoms with Crippen molar-refractivity contribution >= 4 is 31.0 Å². The lowest BCUT2D eigenvalue weighted by Gasteiger charge is -2.52. The third kappa shape index (κ3) is 2.83. The van der Waals surface area contributed by atoms with Gasteiger partial charge in [-0.15, -0.1) is 10.2 Å². The van der Waals surface area contributed by atoms with Crippen molar-refractivity contribution in [2.45, 2.75) is 89.6 Å². The van der Waals surface area contributed by atoms with Gasteiger partial charge < -0.3 is 8.99 Å². The number of hydrogen-bond donors (Lipinski definition) is 0. The predicted molar refractivity (Wildman–Crippen MR) is 110 cm³/mol. The first-order valence-electron chi connectivity index (χ1n) is 9.76. The van der Waals surface area contributed by atoms with E-state index in [4.69, 9.17) is 16.0 Å². The van der Waals surface area contributed by atoms with E-state index in [1.54, 1.807) is 0 Å². The number of hydrogen-bond acceptors (Lipinski definition) is 3. The molecular formula is C20H30ClN3OSi. The van der Waals surface area contributed by atoms with Crippen molar-refractivity contribution < 1.29 is 4.43 Å². The molecule has 6 heteroatoms. The van der Waals surface area contributed by atoms with Crippen LogP contribution in [0.5, 0.6) is 0 Å². The van der Waals surface area contributed by atoms with Gasteiger partial charge in [-0.2, -0.15) is 0 Å². The molecule has 0 bridgehead atoms. The van der Waals surface area contributed by atoms with Crippen LogP contribution in [0.25, 0.3) is 11.0 Å². The molecule has 0 unspecified atom stereocenters. The van der Waals surface area contributed by atoms with Crippen LogP contribution in [0.15, 0.2) is 6.07 Å². The van der Waals surface area contributed by atoms with Gasteiger partial charge in [0, 0.05) is 17.1 Å². The Kier molecular flexibility index (Phi) is 4.11. The van der Waals surface area contributed by atoms with Crippen LogP contribution in [0.1, 0.15) is 64.3 Å². The normalized spacial score (nSPS) is 26.2. The fraction of sp³-hybridized carbons (Fsp3) is 0.700. The lowest BCUT2D eigenvalue weighted by Crippen LogP contribution is -2.54. The molecule has 2 aliphatic carbocycles. The van der Waals surface area contributed by atoms with Crippen molar-refractivity contribution in [1.82, 2.24) is 14.8 Å². The van der Waals surface area contributed by atoms with Crippen molar-refractivity contribution in [3.05, 3.63) is 22.5 Å². The molecule has 26 heavy (non-hydrogen) atoms. The Balaban J connectivity index is 1.62. The summed E-state index contributed by atoms with van der Waals surface area (Å²) in [5.41, 5.74) is 3.89. The predicted octanol–water partition coefficient (Wildman–Crippen LogP) is 5.69. The van der Waals surface area contributed by atoms with Crippen molar-refractivity contribution in [3.63, 3.8) is 0 Å². The molecule has 1 saturated carbocycles.